The Morgan fingerprint density at radius 2 is 2.35 bits per heavy atom. The quantitative estimate of drug-likeness (QED) is 0.901. The Morgan fingerprint density at radius 1 is 1.45 bits per heavy atom. The van der Waals surface area contributed by atoms with Crippen molar-refractivity contribution in [1.29, 1.82) is 0 Å². The van der Waals surface area contributed by atoms with Gasteiger partial charge in [0.1, 0.15) is 0 Å². The van der Waals surface area contributed by atoms with Crippen molar-refractivity contribution < 1.29 is 0 Å². The van der Waals surface area contributed by atoms with Gasteiger partial charge in [-0.3, -0.25) is 0 Å². The Morgan fingerprint density at radius 3 is 3.20 bits per heavy atom. The number of hydrogen-bond donors (Lipinski definition) is 2. The second-order valence-corrected chi connectivity index (χ2v) is 6.35. The number of imidazole rings is 1. The molecule has 0 saturated carbocycles. The summed E-state index contributed by atoms with van der Waals surface area (Å²) in [6.45, 7) is 2.88. The van der Waals surface area contributed by atoms with E-state index in [1.807, 2.05) is 0 Å². The molecule has 2 N–H and O–H groups in total. The maximum Gasteiger partial charge on any atom is 0.0925 e. The molecule has 4 nitrogen and oxygen atoms in total. The first-order chi connectivity index (χ1) is 9.70. The lowest BCUT2D eigenvalue weighted by molar-refractivity contribution is 0.272. The molecule has 0 fully saturated rings. The molecule has 0 aliphatic carbocycles. The minimum absolute atomic E-state index is 0.475. The van der Waals surface area contributed by atoms with E-state index in [-0.39, 0.29) is 0 Å². The molecule has 1 aromatic heterocycles. The zero-order valence-corrected chi connectivity index (χ0v) is 13.2. The third-order valence-electron chi connectivity index (χ3n) is 3.69. The molecule has 1 aliphatic heterocycles. The van der Waals surface area contributed by atoms with Gasteiger partial charge in [-0.2, -0.15) is 0 Å². The fourth-order valence-corrected chi connectivity index (χ4v) is 3.19. The van der Waals surface area contributed by atoms with Gasteiger partial charge in [0.15, 0.2) is 0 Å². The summed E-state index contributed by atoms with van der Waals surface area (Å²) in [6.07, 6.45) is 2.79. The lowest BCUT2D eigenvalue weighted by atomic mass is 10.0. The van der Waals surface area contributed by atoms with Gasteiger partial charge in [0.2, 0.25) is 0 Å². The molecule has 1 aromatic carbocycles. The summed E-state index contributed by atoms with van der Waals surface area (Å²) < 4.78 is 1.14. The van der Waals surface area contributed by atoms with Crippen LogP contribution in [0.25, 0.3) is 0 Å². The van der Waals surface area contributed by atoms with Gasteiger partial charge in [0, 0.05) is 36.6 Å². The molecule has 2 aromatic rings. The number of aromatic amines is 1. The number of nitrogens with one attached hydrogen (secondary N) is 2. The minimum Gasteiger partial charge on any atom is -0.347 e. The van der Waals surface area contributed by atoms with Gasteiger partial charge in [0.05, 0.1) is 17.7 Å². The normalized spacial score (nSPS) is 18.2. The highest BCUT2D eigenvalue weighted by Gasteiger charge is 2.20. The van der Waals surface area contributed by atoms with Crippen molar-refractivity contribution in [1.82, 2.24) is 20.2 Å². The Hall–Kier alpha value is -1.17. The van der Waals surface area contributed by atoms with Gasteiger partial charge in [-0.15, -0.1) is 0 Å². The molecule has 2 heterocycles. The number of H-pyrrole nitrogens is 1. The first-order valence-electron chi connectivity index (χ1n) is 6.88. The zero-order valence-electron chi connectivity index (χ0n) is 11.6. The lowest BCUT2D eigenvalue weighted by Crippen LogP contribution is -2.43. The standard InChI is InChI=1S/C15H19BrN4/c1-20(8-11-3-2-4-12(16)5-11)9-13-6-14-15(7-17-13)19-10-18-14/h2-5,10,13,17H,6-9H2,1H3,(H,18,19). The van der Waals surface area contributed by atoms with E-state index >= 15 is 0 Å². The van der Waals surface area contributed by atoms with Crippen LogP contribution in [0.3, 0.4) is 0 Å². The van der Waals surface area contributed by atoms with Gasteiger partial charge < -0.3 is 15.2 Å². The fourth-order valence-electron chi connectivity index (χ4n) is 2.75. The molecule has 106 valence electrons. The van der Waals surface area contributed by atoms with E-state index in [0.717, 1.165) is 30.5 Å². The summed E-state index contributed by atoms with van der Waals surface area (Å²) in [5.74, 6) is 0. The predicted octanol–water partition coefficient (Wildman–Crippen LogP) is 2.32. The molecule has 0 radical (unpaired) electrons. The van der Waals surface area contributed by atoms with Crippen LogP contribution in [0, 0.1) is 0 Å². The first kappa shape index (κ1) is 13.8. The van der Waals surface area contributed by atoms with E-state index in [9.17, 15) is 0 Å². The van der Waals surface area contributed by atoms with Crippen molar-refractivity contribution in [2.75, 3.05) is 13.6 Å². The number of halogens is 1. The first-order valence-corrected chi connectivity index (χ1v) is 7.67. The van der Waals surface area contributed by atoms with Crippen molar-refractivity contribution >= 4 is 15.9 Å². The van der Waals surface area contributed by atoms with Gasteiger partial charge in [-0.25, -0.2) is 4.98 Å². The SMILES string of the molecule is CN(Cc1cccc(Br)c1)CC1Cc2nc[nH]c2CN1. The molecule has 5 heteroatoms. The van der Waals surface area contributed by atoms with E-state index in [1.165, 1.54) is 17.0 Å². The summed E-state index contributed by atoms with van der Waals surface area (Å²) >= 11 is 3.52. The molecule has 3 rings (SSSR count). The number of aromatic nitrogens is 2. The molecule has 20 heavy (non-hydrogen) atoms. The van der Waals surface area contributed by atoms with Crippen LogP contribution in [0.4, 0.5) is 0 Å². The number of nitrogens with zero attached hydrogens (tertiary/aromatic N) is 2. The maximum absolute atomic E-state index is 4.39. The third-order valence-corrected chi connectivity index (χ3v) is 4.18. The molecule has 0 saturated heterocycles. The van der Waals surface area contributed by atoms with Crippen LogP contribution in [0.2, 0.25) is 0 Å². The third kappa shape index (κ3) is 3.29. The van der Waals surface area contributed by atoms with Crippen LogP contribution in [0.15, 0.2) is 35.1 Å². The lowest BCUT2D eigenvalue weighted by Gasteiger charge is -2.27. The van der Waals surface area contributed by atoms with Crippen LogP contribution in [-0.4, -0.2) is 34.5 Å². The molecule has 0 bridgehead atoms. The monoisotopic (exact) mass is 334 g/mol. The van der Waals surface area contributed by atoms with E-state index in [0.29, 0.717) is 6.04 Å². The van der Waals surface area contributed by atoms with Crippen LogP contribution >= 0.6 is 15.9 Å². The Labute approximate surface area is 127 Å². The summed E-state index contributed by atoms with van der Waals surface area (Å²) in [5, 5.41) is 3.57. The highest BCUT2D eigenvalue weighted by atomic mass is 79.9. The van der Waals surface area contributed by atoms with Gasteiger partial charge in [-0.1, -0.05) is 28.1 Å². The molecule has 1 aliphatic rings. The van der Waals surface area contributed by atoms with Crippen LogP contribution < -0.4 is 5.32 Å². The second kappa shape index (κ2) is 6.08. The van der Waals surface area contributed by atoms with Gasteiger partial charge in [0.25, 0.3) is 0 Å². The predicted molar refractivity (Wildman–Crippen MR) is 83.4 cm³/mol. The largest absolute Gasteiger partial charge is 0.347 e. The second-order valence-electron chi connectivity index (χ2n) is 5.44. The van der Waals surface area contributed by atoms with Crippen LogP contribution in [0.1, 0.15) is 17.0 Å². The van der Waals surface area contributed by atoms with Crippen molar-refractivity contribution in [2.45, 2.75) is 25.6 Å². The van der Waals surface area contributed by atoms with Crippen LogP contribution in [-0.2, 0) is 19.5 Å². The molecular weight excluding hydrogens is 316 g/mol. The molecule has 1 atom stereocenters. The summed E-state index contributed by atoms with van der Waals surface area (Å²) in [6, 6.07) is 8.97. The number of fused-ring (bicyclic) bond motifs is 1. The van der Waals surface area contributed by atoms with Crippen molar-refractivity contribution in [3.63, 3.8) is 0 Å². The summed E-state index contributed by atoms with van der Waals surface area (Å²) in [5.41, 5.74) is 3.78. The Balaban J connectivity index is 1.56. The average molecular weight is 335 g/mol. The highest BCUT2D eigenvalue weighted by Crippen LogP contribution is 2.15. The Kier molecular flexibility index (Phi) is 4.19. The number of hydrogen-bond acceptors (Lipinski definition) is 3. The smallest absolute Gasteiger partial charge is 0.0925 e. The van der Waals surface area contributed by atoms with Crippen LogP contribution in [0.5, 0.6) is 0 Å². The van der Waals surface area contributed by atoms with Crippen molar-refractivity contribution in [3.05, 3.63) is 52.0 Å². The van der Waals surface area contributed by atoms with E-state index < -0.39 is 0 Å². The van der Waals surface area contributed by atoms with Crippen molar-refractivity contribution in [3.8, 4) is 0 Å². The zero-order chi connectivity index (χ0) is 13.9. The number of likely N-dealkylation sites (N-methyl/N-ethyl adjacent to an activating group) is 1. The molecular formula is C15H19BrN4. The molecule has 0 amide bonds. The topological polar surface area (TPSA) is 44.0 Å². The number of rotatable bonds is 4. The molecule has 1 unspecified atom stereocenters. The Bertz CT molecular complexity index is 581. The molecule has 0 spiro atoms. The van der Waals surface area contributed by atoms with E-state index in [4.69, 9.17) is 0 Å². The van der Waals surface area contributed by atoms with Gasteiger partial charge in [-0.05, 0) is 24.7 Å². The fraction of sp³-hybridized carbons (Fsp3) is 0.400. The highest BCUT2D eigenvalue weighted by molar-refractivity contribution is 9.10. The van der Waals surface area contributed by atoms with E-state index in [1.54, 1.807) is 6.33 Å². The average Bonchev–Trinajstić information content (AvgIpc) is 2.86. The van der Waals surface area contributed by atoms with Gasteiger partial charge >= 0.3 is 0 Å². The summed E-state index contributed by atoms with van der Waals surface area (Å²) in [7, 11) is 2.17. The van der Waals surface area contributed by atoms with E-state index in [2.05, 4.69) is 67.4 Å². The van der Waals surface area contributed by atoms with Crippen molar-refractivity contribution in [2.24, 2.45) is 0 Å². The minimum atomic E-state index is 0.475. The number of benzene rings is 1. The maximum atomic E-state index is 4.39. The summed E-state index contributed by atoms with van der Waals surface area (Å²) in [4.78, 5) is 9.93.